The minimum Gasteiger partial charge on any atom is -0.373 e. The average molecular weight is 629 g/mol. The first kappa shape index (κ1) is 33.3. The lowest BCUT2D eigenvalue weighted by Crippen LogP contribution is -2.27. The number of ether oxygens (including phenoxy) is 1. The summed E-state index contributed by atoms with van der Waals surface area (Å²) < 4.78 is 94.6. The van der Waals surface area contributed by atoms with E-state index in [0.717, 1.165) is 63.4 Å². The fourth-order valence-electron chi connectivity index (χ4n) is 7.04. The van der Waals surface area contributed by atoms with Crippen molar-refractivity contribution in [2.45, 2.75) is 104 Å². The number of hydrogen-bond acceptors (Lipinski definition) is 1. The highest BCUT2D eigenvalue weighted by atomic mass is 19.2. The van der Waals surface area contributed by atoms with Crippen LogP contribution < -0.4 is 0 Å². The number of unbranched alkanes of at least 4 members (excludes halogenated alkanes) is 2. The van der Waals surface area contributed by atoms with Gasteiger partial charge in [0.2, 0.25) is 0 Å². The number of halogens is 6. The Morgan fingerprint density at radius 1 is 0.600 bits per heavy atom. The number of hydrogen-bond donors (Lipinski definition) is 0. The maximum absolute atomic E-state index is 15.1. The van der Waals surface area contributed by atoms with Gasteiger partial charge in [0.25, 0.3) is 0 Å². The molecular weight excluding hydrogens is 586 g/mol. The zero-order chi connectivity index (χ0) is 32.1. The molecule has 5 rings (SSSR count). The summed E-state index contributed by atoms with van der Waals surface area (Å²) in [6, 6.07) is 8.79. The van der Waals surface area contributed by atoms with Crippen molar-refractivity contribution in [1.82, 2.24) is 0 Å². The first-order valence-corrected chi connectivity index (χ1v) is 16.4. The minimum absolute atomic E-state index is 0.0380. The molecule has 0 radical (unpaired) electrons. The Hall–Kier alpha value is -3.06. The normalized spacial score (nSPS) is 20.4. The van der Waals surface area contributed by atoms with E-state index in [1.165, 1.54) is 24.3 Å². The second kappa shape index (κ2) is 15.0. The molecule has 0 aromatic heterocycles. The first-order valence-electron chi connectivity index (χ1n) is 16.4. The number of allylic oxidation sites excluding steroid dienone is 2. The van der Waals surface area contributed by atoms with E-state index in [1.54, 1.807) is 19.1 Å². The summed E-state index contributed by atoms with van der Waals surface area (Å²) in [7, 11) is 0. The summed E-state index contributed by atoms with van der Waals surface area (Å²) in [5, 5.41) is 0. The highest BCUT2D eigenvalue weighted by Crippen LogP contribution is 2.41. The Morgan fingerprint density at radius 3 is 1.80 bits per heavy atom. The topological polar surface area (TPSA) is 9.23 Å². The van der Waals surface area contributed by atoms with Crippen LogP contribution in [0.3, 0.4) is 0 Å². The number of aryl methyl sites for hydroxylation is 2. The quantitative estimate of drug-likeness (QED) is 0.152. The van der Waals surface area contributed by atoms with Gasteiger partial charge in [0.1, 0.15) is 0 Å². The molecule has 0 N–H and O–H groups in total. The fourth-order valence-corrected chi connectivity index (χ4v) is 7.04. The summed E-state index contributed by atoms with van der Waals surface area (Å²) in [4.78, 5) is 0. The molecule has 0 aliphatic heterocycles. The molecule has 45 heavy (non-hydrogen) atoms. The van der Waals surface area contributed by atoms with Crippen LogP contribution in [0.1, 0.15) is 100 Å². The fraction of sp³-hybridized carbons (Fsp3) is 0.474. The second-order valence-electron chi connectivity index (χ2n) is 12.6. The van der Waals surface area contributed by atoms with E-state index in [-0.39, 0.29) is 35.0 Å². The third-order valence-corrected chi connectivity index (χ3v) is 9.87. The lowest BCUT2D eigenvalue weighted by atomic mass is 9.72. The van der Waals surface area contributed by atoms with Gasteiger partial charge in [0, 0.05) is 22.3 Å². The van der Waals surface area contributed by atoms with Crippen molar-refractivity contribution in [3.63, 3.8) is 0 Å². The standard InChI is InChI=1S/C38H42F6O/c1-3-5-6-7-27-15-20-31(37(43)34(27)40)32-21-16-28(35(41)38(32)44)22-45-29-17-12-25(13-18-29)24-8-10-26(11-9-24)30-19-14-23(4-2)33(39)36(30)42/h10,14-16,19-21,24-25,29H,3-9,11-13,17-18,22H2,1-2H3. The minimum atomic E-state index is -1.22. The average Bonchev–Trinajstić information content (AvgIpc) is 3.06. The van der Waals surface area contributed by atoms with Crippen LogP contribution >= 0.6 is 0 Å². The summed E-state index contributed by atoms with van der Waals surface area (Å²) in [5.41, 5.74) is 1.28. The summed E-state index contributed by atoms with van der Waals surface area (Å²) in [5.74, 6) is -5.05. The largest absolute Gasteiger partial charge is 0.373 e. The van der Waals surface area contributed by atoms with Gasteiger partial charge in [-0.3, -0.25) is 0 Å². The molecule has 3 aromatic carbocycles. The Kier molecular flexibility index (Phi) is 11.1. The molecule has 242 valence electrons. The third-order valence-electron chi connectivity index (χ3n) is 9.87. The molecule has 0 amide bonds. The molecule has 2 aliphatic carbocycles. The Bertz CT molecular complexity index is 1520. The van der Waals surface area contributed by atoms with Crippen molar-refractivity contribution in [2.24, 2.45) is 11.8 Å². The number of rotatable bonds is 11. The van der Waals surface area contributed by atoms with E-state index in [9.17, 15) is 17.6 Å². The summed E-state index contributed by atoms with van der Waals surface area (Å²) in [6.45, 7) is 3.72. The van der Waals surface area contributed by atoms with Crippen molar-refractivity contribution in [3.05, 3.63) is 99.6 Å². The molecule has 0 bridgehead atoms. The van der Waals surface area contributed by atoms with Gasteiger partial charge in [-0.25, -0.2) is 26.3 Å². The monoisotopic (exact) mass is 628 g/mol. The summed E-state index contributed by atoms with van der Waals surface area (Å²) in [6.07, 6.45) is 11.3. The van der Waals surface area contributed by atoms with Crippen molar-refractivity contribution >= 4 is 5.57 Å². The zero-order valence-corrected chi connectivity index (χ0v) is 26.1. The smallest absolute Gasteiger partial charge is 0.167 e. The van der Waals surface area contributed by atoms with E-state index in [2.05, 4.69) is 6.08 Å². The molecule has 3 aromatic rings. The number of benzene rings is 3. The van der Waals surface area contributed by atoms with E-state index >= 15 is 8.78 Å². The lowest BCUT2D eigenvalue weighted by Gasteiger charge is -2.35. The maximum atomic E-state index is 15.1. The molecule has 0 heterocycles. The van der Waals surface area contributed by atoms with E-state index in [4.69, 9.17) is 4.74 Å². The van der Waals surface area contributed by atoms with Crippen LogP contribution in [0, 0.1) is 46.7 Å². The molecule has 1 saturated carbocycles. The van der Waals surface area contributed by atoms with Gasteiger partial charge in [-0.2, -0.15) is 0 Å². The molecular formula is C38H42F6O. The van der Waals surface area contributed by atoms with E-state index in [1.807, 2.05) is 6.92 Å². The molecule has 2 aliphatic rings. The SMILES string of the molecule is CCCCCc1ccc(-c2ccc(COC3CCC(C4CC=C(c5ccc(CC)c(F)c5F)CC4)CC3)c(F)c2F)c(F)c1F. The molecule has 1 nitrogen and oxygen atoms in total. The van der Waals surface area contributed by atoms with E-state index in [0.29, 0.717) is 42.2 Å². The molecule has 0 saturated heterocycles. The van der Waals surface area contributed by atoms with Crippen molar-refractivity contribution < 1.29 is 31.1 Å². The van der Waals surface area contributed by atoms with Gasteiger partial charge in [0.05, 0.1) is 12.7 Å². The van der Waals surface area contributed by atoms with Crippen LogP contribution in [0.5, 0.6) is 0 Å². The predicted molar refractivity (Wildman–Crippen MR) is 167 cm³/mol. The molecule has 1 unspecified atom stereocenters. The maximum Gasteiger partial charge on any atom is 0.167 e. The summed E-state index contributed by atoms with van der Waals surface area (Å²) >= 11 is 0. The van der Waals surface area contributed by atoms with Crippen LogP contribution in [-0.2, 0) is 24.2 Å². The van der Waals surface area contributed by atoms with Crippen LogP contribution in [0.15, 0.2) is 42.5 Å². The van der Waals surface area contributed by atoms with Crippen LogP contribution in [-0.4, -0.2) is 6.10 Å². The Balaban J connectivity index is 1.14. The van der Waals surface area contributed by atoms with Gasteiger partial charge in [-0.05, 0) is 92.7 Å². The van der Waals surface area contributed by atoms with Gasteiger partial charge < -0.3 is 4.74 Å². The third kappa shape index (κ3) is 7.34. The van der Waals surface area contributed by atoms with Gasteiger partial charge >= 0.3 is 0 Å². The molecule has 7 heteroatoms. The van der Waals surface area contributed by atoms with Gasteiger partial charge in [0.15, 0.2) is 34.9 Å². The van der Waals surface area contributed by atoms with Crippen LogP contribution in [0.4, 0.5) is 26.3 Å². The second-order valence-corrected chi connectivity index (χ2v) is 12.6. The highest BCUT2D eigenvalue weighted by molar-refractivity contribution is 5.67. The van der Waals surface area contributed by atoms with Gasteiger partial charge in [-0.15, -0.1) is 0 Å². The highest BCUT2D eigenvalue weighted by Gasteiger charge is 2.30. The van der Waals surface area contributed by atoms with Crippen molar-refractivity contribution in [1.29, 1.82) is 0 Å². The van der Waals surface area contributed by atoms with Gasteiger partial charge in [-0.1, -0.05) is 69.2 Å². The van der Waals surface area contributed by atoms with Crippen molar-refractivity contribution in [2.75, 3.05) is 0 Å². The lowest BCUT2D eigenvalue weighted by molar-refractivity contribution is -0.000995. The van der Waals surface area contributed by atoms with Crippen LogP contribution in [0.25, 0.3) is 16.7 Å². The van der Waals surface area contributed by atoms with E-state index < -0.39 is 34.9 Å². The zero-order valence-electron chi connectivity index (χ0n) is 26.1. The molecule has 0 spiro atoms. The van der Waals surface area contributed by atoms with Crippen LogP contribution in [0.2, 0.25) is 0 Å². The Labute approximate surface area is 262 Å². The Morgan fingerprint density at radius 2 is 1.18 bits per heavy atom. The van der Waals surface area contributed by atoms with Crippen molar-refractivity contribution in [3.8, 4) is 11.1 Å². The molecule has 1 atom stereocenters. The molecule has 1 fully saturated rings. The first-order chi connectivity index (χ1) is 21.7. The predicted octanol–water partition coefficient (Wildman–Crippen LogP) is 11.4.